The third-order valence-corrected chi connectivity index (χ3v) is 3.02. The molecule has 1 aromatic carbocycles. The van der Waals surface area contributed by atoms with Crippen molar-refractivity contribution in [2.24, 2.45) is 0 Å². The fourth-order valence-corrected chi connectivity index (χ4v) is 1.87. The zero-order valence-corrected chi connectivity index (χ0v) is 10.3. The number of nitrogens with two attached hydrogens (primary N) is 1. The fraction of sp³-hybridized carbons (Fsp3) is 0.462. The lowest BCUT2D eigenvalue weighted by Gasteiger charge is -2.36. The maximum absolute atomic E-state index is 11.8. The molecule has 0 aliphatic carbocycles. The van der Waals surface area contributed by atoms with Gasteiger partial charge in [0.1, 0.15) is 5.60 Å². The number of benzene rings is 1. The summed E-state index contributed by atoms with van der Waals surface area (Å²) in [5.74, 6) is 0. The molecule has 92 valence electrons. The number of para-hydroxylation sites is 1. The number of anilines is 1. The summed E-state index contributed by atoms with van der Waals surface area (Å²) in [6, 6.07) is 7.58. The highest BCUT2D eigenvalue weighted by Crippen LogP contribution is 2.24. The normalized spacial score (nSPS) is 18.9. The van der Waals surface area contributed by atoms with E-state index in [0.717, 1.165) is 12.0 Å². The zero-order chi connectivity index (χ0) is 12.5. The number of hydrogen-bond acceptors (Lipinski definition) is 3. The second-order valence-electron chi connectivity index (χ2n) is 5.00. The Morgan fingerprint density at radius 2 is 2.12 bits per heavy atom. The molecular formula is C13H18N2O2. The Bertz CT molecular complexity index is 429. The van der Waals surface area contributed by atoms with Crippen LogP contribution in [-0.2, 0) is 11.3 Å². The minimum Gasteiger partial charge on any atom is -0.443 e. The van der Waals surface area contributed by atoms with E-state index < -0.39 is 0 Å². The molecule has 4 nitrogen and oxygen atoms in total. The molecule has 1 aliphatic heterocycles. The number of hydrogen-bond donors (Lipinski definition) is 1. The number of nitrogens with zero attached hydrogens (tertiary/aromatic N) is 1. The van der Waals surface area contributed by atoms with Crippen molar-refractivity contribution in [2.75, 3.05) is 12.3 Å². The Morgan fingerprint density at radius 3 is 2.76 bits per heavy atom. The molecule has 0 unspecified atom stereocenters. The van der Waals surface area contributed by atoms with Crippen LogP contribution >= 0.6 is 0 Å². The largest absolute Gasteiger partial charge is 0.443 e. The van der Waals surface area contributed by atoms with Crippen LogP contribution in [0.2, 0.25) is 0 Å². The molecule has 1 aliphatic rings. The van der Waals surface area contributed by atoms with E-state index >= 15 is 0 Å². The van der Waals surface area contributed by atoms with Gasteiger partial charge in [-0.2, -0.15) is 0 Å². The van der Waals surface area contributed by atoms with Crippen LogP contribution in [0.4, 0.5) is 10.5 Å². The highest BCUT2D eigenvalue weighted by atomic mass is 16.6. The molecule has 17 heavy (non-hydrogen) atoms. The Morgan fingerprint density at radius 1 is 1.41 bits per heavy atom. The van der Waals surface area contributed by atoms with Crippen LogP contribution in [0.25, 0.3) is 0 Å². The molecule has 0 atom stereocenters. The van der Waals surface area contributed by atoms with Crippen LogP contribution in [0, 0.1) is 0 Å². The molecule has 2 rings (SSSR count). The van der Waals surface area contributed by atoms with E-state index in [1.807, 2.05) is 38.1 Å². The molecule has 0 radical (unpaired) electrons. The second-order valence-corrected chi connectivity index (χ2v) is 5.00. The lowest BCUT2D eigenvalue weighted by Crippen LogP contribution is -2.46. The Kier molecular flexibility index (Phi) is 2.96. The Balaban J connectivity index is 2.06. The van der Waals surface area contributed by atoms with Gasteiger partial charge in [0.15, 0.2) is 0 Å². The van der Waals surface area contributed by atoms with Gasteiger partial charge in [0.25, 0.3) is 0 Å². The molecule has 0 bridgehead atoms. The highest BCUT2D eigenvalue weighted by Gasteiger charge is 2.32. The number of carbonyl (C=O) groups excluding carboxylic acids is 1. The fourth-order valence-electron chi connectivity index (χ4n) is 1.87. The first-order valence-electron chi connectivity index (χ1n) is 5.79. The summed E-state index contributed by atoms with van der Waals surface area (Å²) in [5.41, 5.74) is 7.18. The van der Waals surface area contributed by atoms with Crippen molar-refractivity contribution in [1.82, 2.24) is 4.90 Å². The average molecular weight is 234 g/mol. The molecule has 1 saturated heterocycles. The first-order valence-corrected chi connectivity index (χ1v) is 5.79. The van der Waals surface area contributed by atoms with Crippen LogP contribution in [0.3, 0.4) is 0 Å². The minimum atomic E-state index is -0.351. The summed E-state index contributed by atoms with van der Waals surface area (Å²) in [6.45, 7) is 5.08. The SMILES string of the molecule is CC1(C)CCN(Cc2ccccc2N)C(=O)O1. The van der Waals surface area contributed by atoms with Crippen molar-refractivity contribution < 1.29 is 9.53 Å². The van der Waals surface area contributed by atoms with E-state index in [4.69, 9.17) is 10.5 Å². The van der Waals surface area contributed by atoms with Gasteiger partial charge in [-0.1, -0.05) is 18.2 Å². The predicted octanol–water partition coefficient (Wildman–Crippen LogP) is 2.39. The van der Waals surface area contributed by atoms with E-state index in [-0.39, 0.29) is 11.7 Å². The molecular weight excluding hydrogens is 216 g/mol. The monoisotopic (exact) mass is 234 g/mol. The number of nitrogen functional groups attached to an aromatic ring is 1. The standard InChI is InChI=1S/C13H18N2O2/c1-13(2)7-8-15(12(16)17-13)9-10-5-3-4-6-11(10)14/h3-6H,7-9,14H2,1-2H3. The van der Waals surface area contributed by atoms with Gasteiger partial charge < -0.3 is 15.4 Å². The summed E-state index contributed by atoms with van der Waals surface area (Å²) >= 11 is 0. The minimum absolute atomic E-state index is 0.260. The third-order valence-electron chi connectivity index (χ3n) is 3.02. The van der Waals surface area contributed by atoms with Gasteiger partial charge in [-0.05, 0) is 25.5 Å². The van der Waals surface area contributed by atoms with Crippen molar-refractivity contribution in [2.45, 2.75) is 32.4 Å². The van der Waals surface area contributed by atoms with Gasteiger partial charge in [0, 0.05) is 18.7 Å². The van der Waals surface area contributed by atoms with Gasteiger partial charge >= 0.3 is 6.09 Å². The van der Waals surface area contributed by atoms with E-state index in [9.17, 15) is 4.79 Å². The van der Waals surface area contributed by atoms with Crippen molar-refractivity contribution in [3.05, 3.63) is 29.8 Å². The maximum atomic E-state index is 11.8. The molecule has 1 fully saturated rings. The molecule has 0 spiro atoms. The van der Waals surface area contributed by atoms with Crippen molar-refractivity contribution in [1.29, 1.82) is 0 Å². The van der Waals surface area contributed by atoms with E-state index in [1.54, 1.807) is 4.90 Å². The van der Waals surface area contributed by atoms with E-state index in [0.29, 0.717) is 18.8 Å². The second kappa shape index (κ2) is 4.28. The number of rotatable bonds is 2. The van der Waals surface area contributed by atoms with Gasteiger partial charge in [-0.25, -0.2) is 4.79 Å². The topological polar surface area (TPSA) is 55.6 Å². The summed E-state index contributed by atoms with van der Waals surface area (Å²) in [7, 11) is 0. The quantitative estimate of drug-likeness (QED) is 0.799. The predicted molar refractivity (Wildman–Crippen MR) is 66.4 cm³/mol. The van der Waals surface area contributed by atoms with Crippen molar-refractivity contribution in [3.63, 3.8) is 0 Å². The highest BCUT2D eigenvalue weighted by molar-refractivity contribution is 5.69. The average Bonchev–Trinajstić information content (AvgIpc) is 2.24. The summed E-state index contributed by atoms with van der Waals surface area (Å²) in [4.78, 5) is 13.5. The number of carbonyl (C=O) groups is 1. The smallest absolute Gasteiger partial charge is 0.410 e. The molecule has 0 aromatic heterocycles. The third kappa shape index (κ3) is 2.70. The molecule has 0 saturated carbocycles. The summed E-state index contributed by atoms with van der Waals surface area (Å²) < 4.78 is 5.34. The molecule has 2 N–H and O–H groups in total. The van der Waals surface area contributed by atoms with Crippen molar-refractivity contribution >= 4 is 11.8 Å². The number of amides is 1. The summed E-state index contributed by atoms with van der Waals surface area (Å²) in [5, 5.41) is 0. The number of cyclic esters (lactones) is 1. The van der Waals surface area contributed by atoms with Crippen LogP contribution in [0.1, 0.15) is 25.8 Å². The van der Waals surface area contributed by atoms with Gasteiger partial charge in [0.2, 0.25) is 0 Å². The molecule has 1 amide bonds. The van der Waals surface area contributed by atoms with Crippen LogP contribution in [-0.4, -0.2) is 23.1 Å². The maximum Gasteiger partial charge on any atom is 0.410 e. The zero-order valence-electron chi connectivity index (χ0n) is 10.3. The summed E-state index contributed by atoms with van der Waals surface area (Å²) in [6.07, 6.45) is 0.579. The first-order chi connectivity index (χ1) is 7.98. The van der Waals surface area contributed by atoms with Crippen LogP contribution in [0.5, 0.6) is 0 Å². The Labute approximate surface area is 101 Å². The first kappa shape index (κ1) is 11.8. The Hall–Kier alpha value is -1.71. The lowest BCUT2D eigenvalue weighted by atomic mass is 10.0. The molecule has 1 heterocycles. The molecule has 4 heteroatoms. The van der Waals surface area contributed by atoms with Gasteiger partial charge in [-0.3, -0.25) is 0 Å². The lowest BCUT2D eigenvalue weighted by molar-refractivity contribution is -0.0273. The van der Waals surface area contributed by atoms with E-state index in [2.05, 4.69) is 0 Å². The number of ether oxygens (including phenoxy) is 1. The van der Waals surface area contributed by atoms with E-state index in [1.165, 1.54) is 0 Å². The van der Waals surface area contributed by atoms with Gasteiger partial charge in [0.05, 0.1) is 6.54 Å². The van der Waals surface area contributed by atoms with Crippen LogP contribution < -0.4 is 5.73 Å². The molecule has 1 aromatic rings. The van der Waals surface area contributed by atoms with Crippen LogP contribution in [0.15, 0.2) is 24.3 Å². The van der Waals surface area contributed by atoms with Crippen molar-refractivity contribution in [3.8, 4) is 0 Å². The van der Waals surface area contributed by atoms with Gasteiger partial charge in [-0.15, -0.1) is 0 Å².